The number of fused-ring (bicyclic) bond motifs is 1. The molecule has 0 atom stereocenters. The van der Waals surface area contributed by atoms with Gasteiger partial charge in [-0.15, -0.1) is 0 Å². The van der Waals surface area contributed by atoms with E-state index in [9.17, 15) is 4.79 Å². The van der Waals surface area contributed by atoms with Crippen LogP contribution in [0.1, 0.15) is 5.76 Å². The minimum atomic E-state index is -0.375. The quantitative estimate of drug-likeness (QED) is 0.186. The van der Waals surface area contributed by atoms with E-state index in [1.54, 1.807) is 24.3 Å². The van der Waals surface area contributed by atoms with Crippen LogP contribution in [-0.2, 0) is 4.79 Å². The fourth-order valence-corrected chi connectivity index (χ4v) is 3.86. The number of benzene rings is 3. The molecule has 35 heavy (non-hydrogen) atoms. The van der Waals surface area contributed by atoms with Gasteiger partial charge in [-0.05, 0) is 79.0 Å². The van der Waals surface area contributed by atoms with Crippen LogP contribution in [0.25, 0.3) is 39.8 Å². The molecule has 5 aromatic rings. The molecule has 0 aliphatic carbocycles. The van der Waals surface area contributed by atoms with Crippen LogP contribution in [0.5, 0.6) is 0 Å². The Morgan fingerprint density at radius 3 is 2.63 bits per heavy atom. The zero-order valence-corrected chi connectivity index (χ0v) is 19.9. The van der Waals surface area contributed by atoms with Crippen molar-refractivity contribution in [2.24, 2.45) is 0 Å². The second kappa shape index (κ2) is 9.97. The number of carbonyl (C=O) groups excluding carboxylic acids is 1. The number of halogens is 1. The highest BCUT2D eigenvalue weighted by molar-refractivity contribution is 7.80. The lowest BCUT2D eigenvalue weighted by Gasteiger charge is -2.09. The first-order valence-corrected chi connectivity index (χ1v) is 11.5. The van der Waals surface area contributed by atoms with Crippen molar-refractivity contribution in [2.75, 3.05) is 5.32 Å². The lowest BCUT2D eigenvalue weighted by atomic mass is 10.2. The van der Waals surface area contributed by atoms with Crippen molar-refractivity contribution in [1.82, 2.24) is 15.3 Å². The summed E-state index contributed by atoms with van der Waals surface area (Å²) in [4.78, 5) is 20.2. The number of rotatable bonds is 5. The molecule has 0 fully saturated rings. The zero-order valence-electron chi connectivity index (χ0n) is 18.3. The van der Waals surface area contributed by atoms with E-state index in [4.69, 9.17) is 28.2 Å². The van der Waals surface area contributed by atoms with Gasteiger partial charge in [-0.3, -0.25) is 10.1 Å². The third-order valence-electron chi connectivity index (χ3n) is 5.17. The van der Waals surface area contributed by atoms with Gasteiger partial charge in [-0.1, -0.05) is 35.9 Å². The first-order valence-electron chi connectivity index (χ1n) is 10.7. The average Bonchev–Trinajstić information content (AvgIpc) is 3.51. The maximum atomic E-state index is 12.3. The lowest BCUT2D eigenvalue weighted by molar-refractivity contribution is -0.115. The second-order valence-electron chi connectivity index (χ2n) is 7.67. The molecule has 0 spiro atoms. The Balaban J connectivity index is 1.20. The molecular weight excluding hydrogens is 480 g/mol. The summed E-state index contributed by atoms with van der Waals surface area (Å²) >= 11 is 11.2. The van der Waals surface area contributed by atoms with Crippen molar-refractivity contribution >= 4 is 57.6 Å². The molecule has 0 unspecified atom stereocenters. The summed E-state index contributed by atoms with van der Waals surface area (Å²) in [6.45, 7) is 0. The number of nitrogens with one attached hydrogen (secondary N) is 3. The average molecular weight is 499 g/mol. The van der Waals surface area contributed by atoms with Crippen LogP contribution in [0, 0.1) is 0 Å². The Morgan fingerprint density at radius 1 is 0.971 bits per heavy atom. The normalized spacial score (nSPS) is 11.1. The van der Waals surface area contributed by atoms with Crippen LogP contribution in [0.2, 0.25) is 5.02 Å². The van der Waals surface area contributed by atoms with E-state index >= 15 is 0 Å². The predicted molar refractivity (Wildman–Crippen MR) is 144 cm³/mol. The molecule has 8 heteroatoms. The minimum Gasteiger partial charge on any atom is -0.457 e. The molecule has 2 heterocycles. The monoisotopic (exact) mass is 498 g/mol. The van der Waals surface area contributed by atoms with Gasteiger partial charge >= 0.3 is 0 Å². The van der Waals surface area contributed by atoms with Gasteiger partial charge in [-0.25, -0.2) is 4.98 Å². The summed E-state index contributed by atoms with van der Waals surface area (Å²) in [5.74, 6) is 1.61. The number of hydrogen-bond donors (Lipinski definition) is 3. The van der Waals surface area contributed by atoms with Gasteiger partial charge in [0.25, 0.3) is 0 Å². The summed E-state index contributed by atoms with van der Waals surface area (Å²) in [7, 11) is 0. The Kier molecular flexibility index (Phi) is 6.43. The number of carbonyl (C=O) groups is 1. The molecular formula is C27H19ClN4O2S. The van der Waals surface area contributed by atoms with Gasteiger partial charge in [0.2, 0.25) is 5.91 Å². The largest absolute Gasteiger partial charge is 0.457 e. The molecule has 5 rings (SSSR count). The standard InChI is InChI=1S/C27H19ClN4O2S/c28-19-10-8-17(9-11-19)24-14-12-21(34-24)13-15-25(33)32-27(35)29-20-5-3-4-18(16-20)26-30-22-6-1-2-7-23(22)31-26/h1-16H,(H,30,31)(H2,29,32,33,35). The molecule has 172 valence electrons. The summed E-state index contributed by atoms with van der Waals surface area (Å²) in [5, 5.41) is 6.51. The highest BCUT2D eigenvalue weighted by atomic mass is 35.5. The number of imidazole rings is 1. The number of H-pyrrole nitrogens is 1. The number of para-hydroxylation sites is 2. The Bertz CT molecular complexity index is 1520. The van der Waals surface area contributed by atoms with E-state index in [0.717, 1.165) is 33.7 Å². The molecule has 6 nitrogen and oxygen atoms in total. The second-order valence-corrected chi connectivity index (χ2v) is 8.51. The number of anilines is 1. The third-order valence-corrected chi connectivity index (χ3v) is 5.63. The predicted octanol–water partition coefficient (Wildman–Crippen LogP) is 6.67. The molecule has 0 bridgehead atoms. The fraction of sp³-hybridized carbons (Fsp3) is 0. The fourth-order valence-electron chi connectivity index (χ4n) is 3.52. The van der Waals surface area contributed by atoms with Crippen LogP contribution in [0.4, 0.5) is 5.69 Å². The van der Waals surface area contributed by atoms with Crippen molar-refractivity contribution in [3.63, 3.8) is 0 Å². The first-order chi connectivity index (χ1) is 17.0. The molecule has 0 saturated carbocycles. The van der Waals surface area contributed by atoms with Crippen molar-refractivity contribution in [3.8, 4) is 22.7 Å². The smallest absolute Gasteiger partial charge is 0.250 e. The molecule has 0 aliphatic rings. The highest BCUT2D eigenvalue weighted by Crippen LogP contribution is 2.25. The molecule has 0 aliphatic heterocycles. The summed E-state index contributed by atoms with van der Waals surface area (Å²) in [5.41, 5.74) is 4.39. The number of hydrogen-bond acceptors (Lipinski definition) is 4. The minimum absolute atomic E-state index is 0.183. The van der Waals surface area contributed by atoms with Crippen LogP contribution in [0.15, 0.2) is 95.4 Å². The van der Waals surface area contributed by atoms with Crippen LogP contribution < -0.4 is 10.6 Å². The van der Waals surface area contributed by atoms with Crippen LogP contribution in [0.3, 0.4) is 0 Å². The maximum absolute atomic E-state index is 12.3. The van der Waals surface area contributed by atoms with Gasteiger partial charge in [0.1, 0.15) is 17.3 Å². The first kappa shape index (κ1) is 22.6. The maximum Gasteiger partial charge on any atom is 0.250 e. The summed E-state index contributed by atoms with van der Waals surface area (Å²) in [6, 6.07) is 26.4. The van der Waals surface area contributed by atoms with Crippen molar-refractivity contribution in [2.45, 2.75) is 0 Å². The molecule has 3 N–H and O–H groups in total. The van der Waals surface area contributed by atoms with E-state index < -0.39 is 0 Å². The van der Waals surface area contributed by atoms with Gasteiger partial charge in [0, 0.05) is 27.9 Å². The van der Waals surface area contributed by atoms with Gasteiger partial charge < -0.3 is 14.7 Å². The number of aromatic nitrogens is 2. The Morgan fingerprint density at radius 2 is 1.80 bits per heavy atom. The molecule has 2 aromatic heterocycles. The van der Waals surface area contributed by atoms with E-state index in [-0.39, 0.29) is 11.0 Å². The van der Waals surface area contributed by atoms with E-state index in [0.29, 0.717) is 16.5 Å². The van der Waals surface area contributed by atoms with Crippen LogP contribution in [-0.4, -0.2) is 21.0 Å². The van der Waals surface area contributed by atoms with Crippen LogP contribution >= 0.6 is 23.8 Å². The van der Waals surface area contributed by atoms with Gasteiger partial charge in [0.05, 0.1) is 11.0 Å². The Labute approximate surface area is 211 Å². The highest BCUT2D eigenvalue weighted by Gasteiger charge is 2.08. The number of thiocarbonyl (C=S) groups is 1. The molecule has 0 radical (unpaired) electrons. The summed E-state index contributed by atoms with van der Waals surface area (Å²) in [6.07, 6.45) is 2.95. The SMILES string of the molecule is O=C(C=Cc1ccc(-c2ccc(Cl)cc2)o1)NC(=S)Nc1cccc(-c2nc3ccccc3[nH]2)c1. The van der Waals surface area contributed by atoms with Crippen molar-refractivity contribution < 1.29 is 9.21 Å². The number of amides is 1. The van der Waals surface area contributed by atoms with E-state index in [1.807, 2.05) is 66.7 Å². The Hall–Kier alpha value is -4.20. The molecule has 0 saturated heterocycles. The van der Waals surface area contributed by atoms with E-state index in [2.05, 4.69) is 20.6 Å². The number of nitrogens with zero attached hydrogens (tertiary/aromatic N) is 1. The third kappa shape index (κ3) is 5.48. The van der Waals surface area contributed by atoms with E-state index in [1.165, 1.54) is 6.08 Å². The van der Waals surface area contributed by atoms with Crippen molar-refractivity contribution in [3.05, 3.63) is 102 Å². The number of furan rings is 1. The molecule has 1 amide bonds. The lowest BCUT2D eigenvalue weighted by Crippen LogP contribution is -2.32. The molecule has 3 aromatic carbocycles. The number of aromatic amines is 1. The zero-order chi connectivity index (χ0) is 24.2. The topological polar surface area (TPSA) is 82.9 Å². The van der Waals surface area contributed by atoms with Gasteiger partial charge in [-0.2, -0.15) is 0 Å². The van der Waals surface area contributed by atoms with Crippen molar-refractivity contribution in [1.29, 1.82) is 0 Å². The van der Waals surface area contributed by atoms with Gasteiger partial charge in [0.15, 0.2) is 5.11 Å². The summed E-state index contributed by atoms with van der Waals surface area (Å²) < 4.78 is 5.77.